The number of nitro groups is 1. The summed E-state index contributed by atoms with van der Waals surface area (Å²) < 4.78 is 28.7. The van der Waals surface area contributed by atoms with Crippen LogP contribution in [0.2, 0.25) is 0 Å². The molecule has 1 aromatic heterocycles. The maximum Gasteiger partial charge on any atom is 0.293 e. The smallest absolute Gasteiger partial charge is 0.293 e. The third-order valence-electron chi connectivity index (χ3n) is 4.92. The molecule has 1 N–H and O–H groups in total. The monoisotopic (exact) mass is 416 g/mol. The van der Waals surface area contributed by atoms with Crippen molar-refractivity contribution in [2.24, 2.45) is 0 Å². The van der Waals surface area contributed by atoms with Crippen LogP contribution in [0.4, 0.5) is 11.4 Å². The summed E-state index contributed by atoms with van der Waals surface area (Å²) >= 11 is 0. The Balaban J connectivity index is 1.47. The molecule has 0 saturated carbocycles. The minimum absolute atomic E-state index is 0.0639. The second kappa shape index (κ2) is 7.80. The van der Waals surface area contributed by atoms with Crippen molar-refractivity contribution in [3.05, 3.63) is 52.6 Å². The number of nitro benzene ring substituents is 1. The fraction of sp³-hybridized carbons (Fsp3) is 0.316. The van der Waals surface area contributed by atoms with E-state index < -0.39 is 14.8 Å². The average molecular weight is 416 g/mol. The number of para-hydroxylation sites is 2. The van der Waals surface area contributed by atoms with Gasteiger partial charge in [-0.15, -0.1) is 0 Å². The second-order valence-electron chi connectivity index (χ2n) is 6.90. The molecule has 0 radical (unpaired) electrons. The number of oxazole rings is 1. The van der Waals surface area contributed by atoms with Gasteiger partial charge in [0.2, 0.25) is 5.89 Å². The molecule has 3 aromatic rings. The normalized spacial score (nSPS) is 16.7. The molecular weight excluding hydrogens is 396 g/mol. The van der Waals surface area contributed by atoms with E-state index in [1.54, 1.807) is 18.2 Å². The van der Waals surface area contributed by atoms with Crippen LogP contribution in [0.15, 0.2) is 46.9 Å². The number of sulfone groups is 1. The third-order valence-corrected chi connectivity index (χ3v) is 6.52. The van der Waals surface area contributed by atoms with E-state index >= 15 is 0 Å². The van der Waals surface area contributed by atoms with Crippen molar-refractivity contribution >= 4 is 32.3 Å². The van der Waals surface area contributed by atoms with Crippen LogP contribution in [0.1, 0.15) is 0 Å². The summed E-state index contributed by atoms with van der Waals surface area (Å²) in [6.45, 7) is 2.06. The minimum atomic E-state index is -2.92. The SMILES string of the molecule is O=[N+]([O-])c1cc(-c2nc3ccccc3o2)ccc1NCCN1CCS(=O)(=O)CC1. The van der Waals surface area contributed by atoms with Crippen molar-refractivity contribution in [1.29, 1.82) is 0 Å². The quantitative estimate of drug-likeness (QED) is 0.481. The van der Waals surface area contributed by atoms with E-state index in [1.807, 2.05) is 23.1 Å². The molecular formula is C19H20N4O5S. The lowest BCUT2D eigenvalue weighted by Crippen LogP contribution is -2.42. The molecule has 29 heavy (non-hydrogen) atoms. The molecule has 2 heterocycles. The molecule has 0 bridgehead atoms. The van der Waals surface area contributed by atoms with Crippen LogP contribution in [-0.2, 0) is 9.84 Å². The van der Waals surface area contributed by atoms with Crippen molar-refractivity contribution < 1.29 is 17.8 Å². The second-order valence-corrected chi connectivity index (χ2v) is 9.20. The van der Waals surface area contributed by atoms with E-state index in [1.165, 1.54) is 6.07 Å². The van der Waals surface area contributed by atoms with Crippen LogP contribution >= 0.6 is 0 Å². The number of anilines is 1. The highest BCUT2D eigenvalue weighted by atomic mass is 32.2. The van der Waals surface area contributed by atoms with Gasteiger partial charge < -0.3 is 9.73 Å². The highest BCUT2D eigenvalue weighted by Gasteiger charge is 2.22. The lowest BCUT2D eigenvalue weighted by Gasteiger charge is -2.26. The summed E-state index contributed by atoms with van der Waals surface area (Å²) in [7, 11) is -2.92. The minimum Gasteiger partial charge on any atom is -0.436 e. The largest absolute Gasteiger partial charge is 0.436 e. The van der Waals surface area contributed by atoms with E-state index in [0.29, 0.717) is 54.4 Å². The summed E-state index contributed by atoms with van der Waals surface area (Å²) in [5.74, 6) is 0.647. The van der Waals surface area contributed by atoms with Crippen LogP contribution in [0.25, 0.3) is 22.6 Å². The lowest BCUT2D eigenvalue weighted by atomic mass is 10.1. The molecule has 2 aromatic carbocycles. The molecule has 1 aliphatic rings. The molecule has 9 nitrogen and oxygen atoms in total. The molecule has 0 amide bonds. The van der Waals surface area contributed by atoms with Gasteiger partial charge in [-0.1, -0.05) is 12.1 Å². The number of rotatable bonds is 6. The number of fused-ring (bicyclic) bond motifs is 1. The Morgan fingerprint density at radius 3 is 2.66 bits per heavy atom. The van der Waals surface area contributed by atoms with Gasteiger partial charge in [-0.2, -0.15) is 0 Å². The van der Waals surface area contributed by atoms with Crippen LogP contribution in [0.5, 0.6) is 0 Å². The Bertz CT molecular complexity index is 1110. The highest BCUT2D eigenvalue weighted by Crippen LogP contribution is 2.31. The van der Waals surface area contributed by atoms with Gasteiger partial charge in [0.15, 0.2) is 15.4 Å². The van der Waals surface area contributed by atoms with Crippen LogP contribution in [0.3, 0.4) is 0 Å². The van der Waals surface area contributed by atoms with Gasteiger partial charge in [0, 0.05) is 37.8 Å². The Morgan fingerprint density at radius 2 is 1.93 bits per heavy atom. The summed E-state index contributed by atoms with van der Waals surface area (Å²) in [4.78, 5) is 17.5. The zero-order chi connectivity index (χ0) is 20.4. The molecule has 1 aliphatic heterocycles. The highest BCUT2D eigenvalue weighted by molar-refractivity contribution is 7.91. The molecule has 0 aliphatic carbocycles. The standard InChI is InChI=1S/C19H20N4O5S/c24-23(25)17-13-14(19-21-16-3-1-2-4-18(16)28-19)5-6-15(17)20-7-8-22-9-11-29(26,27)12-10-22/h1-6,13,20H,7-12H2. The Kier molecular flexibility index (Phi) is 5.20. The third kappa shape index (κ3) is 4.38. The molecule has 0 spiro atoms. The Morgan fingerprint density at radius 1 is 1.17 bits per heavy atom. The number of hydrogen-bond acceptors (Lipinski definition) is 8. The van der Waals surface area contributed by atoms with E-state index in [-0.39, 0.29) is 17.2 Å². The first kappa shape index (κ1) is 19.3. The molecule has 10 heteroatoms. The number of nitrogens with zero attached hydrogens (tertiary/aromatic N) is 3. The maximum atomic E-state index is 11.6. The van der Waals surface area contributed by atoms with Gasteiger partial charge in [0.25, 0.3) is 5.69 Å². The zero-order valence-corrected chi connectivity index (χ0v) is 16.4. The Hall–Kier alpha value is -2.98. The fourth-order valence-electron chi connectivity index (χ4n) is 3.28. The van der Waals surface area contributed by atoms with Gasteiger partial charge in [-0.25, -0.2) is 13.4 Å². The van der Waals surface area contributed by atoms with E-state index in [9.17, 15) is 18.5 Å². The van der Waals surface area contributed by atoms with Crippen molar-refractivity contribution in [1.82, 2.24) is 9.88 Å². The average Bonchev–Trinajstić information content (AvgIpc) is 3.13. The molecule has 1 saturated heterocycles. The number of hydrogen-bond donors (Lipinski definition) is 1. The van der Waals surface area contributed by atoms with Crippen molar-refractivity contribution in [3.8, 4) is 11.5 Å². The van der Waals surface area contributed by atoms with Gasteiger partial charge in [0.1, 0.15) is 11.2 Å². The van der Waals surface area contributed by atoms with Crippen LogP contribution in [0, 0.1) is 10.1 Å². The summed E-state index contributed by atoms with van der Waals surface area (Å²) in [6.07, 6.45) is 0. The molecule has 4 rings (SSSR count). The number of aromatic nitrogens is 1. The fourth-order valence-corrected chi connectivity index (χ4v) is 4.56. The van der Waals surface area contributed by atoms with Crippen molar-refractivity contribution in [3.63, 3.8) is 0 Å². The molecule has 0 atom stereocenters. The summed E-state index contributed by atoms with van der Waals surface area (Å²) in [5.41, 5.74) is 2.18. The van der Waals surface area contributed by atoms with Crippen molar-refractivity contribution in [2.45, 2.75) is 0 Å². The number of nitrogens with one attached hydrogen (secondary N) is 1. The topological polar surface area (TPSA) is 119 Å². The van der Waals surface area contributed by atoms with Gasteiger partial charge >= 0.3 is 0 Å². The molecule has 152 valence electrons. The van der Waals surface area contributed by atoms with E-state index in [0.717, 1.165) is 0 Å². The first-order valence-corrected chi connectivity index (χ1v) is 11.0. The molecule has 0 unspecified atom stereocenters. The predicted molar refractivity (Wildman–Crippen MR) is 110 cm³/mol. The Labute approximate surface area is 167 Å². The van der Waals surface area contributed by atoms with E-state index in [4.69, 9.17) is 4.42 Å². The zero-order valence-electron chi connectivity index (χ0n) is 15.6. The van der Waals surface area contributed by atoms with Crippen molar-refractivity contribution in [2.75, 3.05) is 43.0 Å². The van der Waals surface area contributed by atoms with E-state index in [2.05, 4.69) is 10.3 Å². The van der Waals surface area contributed by atoms with Crippen LogP contribution < -0.4 is 5.32 Å². The lowest BCUT2D eigenvalue weighted by molar-refractivity contribution is -0.383. The predicted octanol–water partition coefficient (Wildman–Crippen LogP) is 2.55. The summed E-state index contributed by atoms with van der Waals surface area (Å²) in [6, 6.07) is 12.1. The number of benzene rings is 2. The van der Waals surface area contributed by atoms with Gasteiger partial charge in [-0.05, 0) is 24.3 Å². The summed E-state index contributed by atoms with van der Waals surface area (Å²) in [5, 5.41) is 14.6. The molecule has 1 fully saturated rings. The van der Waals surface area contributed by atoms with Gasteiger partial charge in [-0.3, -0.25) is 15.0 Å². The first-order chi connectivity index (χ1) is 13.9. The van der Waals surface area contributed by atoms with Gasteiger partial charge in [0.05, 0.1) is 16.4 Å². The maximum absolute atomic E-state index is 11.6. The first-order valence-electron chi connectivity index (χ1n) is 9.22. The van der Waals surface area contributed by atoms with Crippen LogP contribution in [-0.4, -0.2) is 60.9 Å².